The van der Waals surface area contributed by atoms with Gasteiger partial charge in [0, 0.05) is 29.6 Å². The van der Waals surface area contributed by atoms with Crippen LogP contribution in [0, 0.1) is 18.3 Å². The van der Waals surface area contributed by atoms with Gasteiger partial charge in [-0.25, -0.2) is 4.79 Å². The Morgan fingerprint density at radius 2 is 1.96 bits per heavy atom. The van der Waals surface area contributed by atoms with Crippen molar-refractivity contribution in [2.24, 2.45) is 5.73 Å². The molecule has 6 heteroatoms. The predicted molar refractivity (Wildman–Crippen MR) is 101 cm³/mol. The van der Waals surface area contributed by atoms with E-state index in [9.17, 15) is 4.79 Å². The number of halogens is 1. The van der Waals surface area contributed by atoms with Gasteiger partial charge in [0.25, 0.3) is 0 Å². The first-order chi connectivity index (χ1) is 12.5. The zero-order valence-electron chi connectivity index (χ0n) is 14.3. The minimum absolute atomic E-state index is 0.346. The number of para-hydroxylation sites is 1. The van der Waals surface area contributed by atoms with Gasteiger partial charge in [-0.15, -0.1) is 0 Å². The zero-order valence-corrected chi connectivity index (χ0v) is 15.0. The van der Waals surface area contributed by atoms with E-state index in [2.05, 4.69) is 14.9 Å². The number of hydrogen-bond donors (Lipinski definition) is 1. The Bertz CT molecular complexity index is 987. The van der Waals surface area contributed by atoms with Gasteiger partial charge in [0.1, 0.15) is 17.9 Å². The van der Waals surface area contributed by atoms with Crippen molar-refractivity contribution >= 4 is 28.7 Å². The maximum atomic E-state index is 11.6. The van der Waals surface area contributed by atoms with Crippen LogP contribution in [0.4, 0.5) is 0 Å². The summed E-state index contributed by atoms with van der Waals surface area (Å²) in [4.78, 5) is 11.6. The van der Waals surface area contributed by atoms with E-state index in [1.54, 1.807) is 0 Å². The number of hydrogen-bond acceptors (Lipinski definition) is 4. The summed E-state index contributed by atoms with van der Waals surface area (Å²) in [6.07, 6.45) is 0.346. The molecule has 0 unspecified atom stereocenters. The summed E-state index contributed by atoms with van der Waals surface area (Å²) in [5.74, 6) is -0.644. The van der Waals surface area contributed by atoms with Gasteiger partial charge in [0.2, 0.25) is 0 Å². The summed E-state index contributed by atoms with van der Waals surface area (Å²) in [6.45, 7) is 2.67. The van der Waals surface area contributed by atoms with Gasteiger partial charge in [-0.3, -0.25) is 0 Å². The summed E-state index contributed by atoms with van der Waals surface area (Å²) in [7, 11) is 0. The summed E-state index contributed by atoms with van der Waals surface area (Å²) in [6, 6.07) is 16.8. The van der Waals surface area contributed by atoms with Gasteiger partial charge in [-0.2, -0.15) is 5.26 Å². The molecule has 0 fully saturated rings. The lowest BCUT2D eigenvalue weighted by atomic mass is 10.0. The zero-order chi connectivity index (χ0) is 18.7. The quantitative estimate of drug-likeness (QED) is 0.749. The molecule has 2 aromatic carbocycles. The van der Waals surface area contributed by atoms with Gasteiger partial charge in [0.05, 0.1) is 11.6 Å². The Morgan fingerprint density at radius 1 is 1.27 bits per heavy atom. The van der Waals surface area contributed by atoms with Crippen LogP contribution in [0.3, 0.4) is 0 Å². The highest BCUT2D eigenvalue weighted by Crippen LogP contribution is 2.28. The third-order valence-electron chi connectivity index (χ3n) is 4.59. The van der Waals surface area contributed by atoms with Gasteiger partial charge in [-0.1, -0.05) is 30.3 Å². The Morgan fingerprint density at radius 3 is 2.62 bits per heavy atom. The van der Waals surface area contributed by atoms with Crippen molar-refractivity contribution in [2.45, 2.75) is 25.9 Å². The minimum atomic E-state index is -0.819. The molecule has 3 rings (SSSR count). The molecule has 5 nitrogen and oxygen atoms in total. The fourth-order valence-electron chi connectivity index (χ4n) is 3.19. The van der Waals surface area contributed by atoms with Crippen molar-refractivity contribution in [2.75, 3.05) is 0 Å². The second-order valence-electron chi connectivity index (χ2n) is 6.18. The van der Waals surface area contributed by atoms with Crippen LogP contribution in [-0.4, -0.2) is 16.6 Å². The molecule has 1 aromatic heterocycles. The van der Waals surface area contributed by atoms with Crippen LogP contribution in [-0.2, 0) is 22.0 Å². The van der Waals surface area contributed by atoms with Crippen molar-refractivity contribution in [3.05, 3.63) is 70.9 Å². The van der Waals surface area contributed by atoms with Gasteiger partial charge < -0.3 is 14.6 Å². The molecule has 0 bridgehead atoms. The fourth-order valence-corrected chi connectivity index (χ4v) is 3.31. The number of carbonyl (C=O) groups excluding carboxylic acids is 1. The molecule has 1 atom stereocenters. The molecule has 3 aromatic rings. The lowest BCUT2D eigenvalue weighted by Gasteiger charge is -2.11. The molecular weight excluding hydrogens is 350 g/mol. The highest BCUT2D eigenvalue weighted by molar-refractivity contribution is 6.13. The molecular formula is C20H18ClN3O2. The van der Waals surface area contributed by atoms with Crippen LogP contribution >= 0.6 is 11.9 Å². The van der Waals surface area contributed by atoms with Gasteiger partial charge in [0.15, 0.2) is 0 Å². The van der Waals surface area contributed by atoms with Crippen LogP contribution in [0.15, 0.2) is 48.5 Å². The van der Waals surface area contributed by atoms with Crippen molar-refractivity contribution < 1.29 is 9.08 Å². The molecule has 1 heterocycles. The number of fused-ring (bicyclic) bond motifs is 1. The third-order valence-corrected chi connectivity index (χ3v) is 4.74. The number of rotatable bonds is 5. The van der Waals surface area contributed by atoms with E-state index in [1.165, 1.54) is 0 Å². The van der Waals surface area contributed by atoms with Gasteiger partial charge >= 0.3 is 5.97 Å². The smallest absolute Gasteiger partial charge is 0.341 e. The van der Waals surface area contributed by atoms with Crippen LogP contribution in [0.5, 0.6) is 0 Å². The predicted octanol–water partition coefficient (Wildman–Crippen LogP) is 3.44. The van der Waals surface area contributed by atoms with Crippen LogP contribution in [0.2, 0.25) is 0 Å². The van der Waals surface area contributed by atoms with E-state index in [0.29, 0.717) is 18.5 Å². The summed E-state index contributed by atoms with van der Waals surface area (Å²) >= 11 is 5.15. The first-order valence-electron chi connectivity index (χ1n) is 8.19. The molecule has 0 saturated carbocycles. The number of nitriles is 1. The van der Waals surface area contributed by atoms with Crippen molar-refractivity contribution in [3.63, 3.8) is 0 Å². The molecule has 0 spiro atoms. The first kappa shape index (κ1) is 18.0. The molecule has 0 aliphatic rings. The SMILES string of the molecule is Cc1c(C[C@H](N)C(=O)OCl)c2ccccc2n1Cc1ccc(C#N)cc1. The standard InChI is InChI=1S/C20H18ClN3O2/c1-13-17(10-18(23)20(25)26-21)16-4-2-3-5-19(16)24(13)12-15-8-6-14(11-22)7-9-15/h2-9,18H,10,12,23H2,1H3/t18-/m0/s1. The highest BCUT2D eigenvalue weighted by Gasteiger charge is 2.21. The van der Waals surface area contributed by atoms with Gasteiger partial charge in [-0.05, 0) is 36.2 Å². The Kier molecular flexibility index (Phi) is 5.27. The lowest BCUT2D eigenvalue weighted by molar-refractivity contribution is -0.135. The summed E-state index contributed by atoms with van der Waals surface area (Å²) in [5.41, 5.74) is 10.7. The third kappa shape index (κ3) is 3.43. The minimum Gasteiger partial charge on any atom is -0.346 e. The maximum absolute atomic E-state index is 11.6. The average molecular weight is 368 g/mol. The second-order valence-corrected chi connectivity index (χ2v) is 6.34. The second kappa shape index (κ2) is 7.61. The summed E-state index contributed by atoms with van der Waals surface area (Å²) in [5, 5.41) is 9.99. The van der Waals surface area contributed by atoms with Crippen molar-refractivity contribution in [1.82, 2.24) is 4.57 Å². The summed E-state index contributed by atoms with van der Waals surface area (Å²) < 4.78 is 6.42. The van der Waals surface area contributed by atoms with E-state index in [0.717, 1.165) is 27.7 Å². The molecule has 132 valence electrons. The van der Waals surface area contributed by atoms with Crippen LogP contribution in [0.1, 0.15) is 22.4 Å². The van der Waals surface area contributed by atoms with E-state index < -0.39 is 12.0 Å². The highest BCUT2D eigenvalue weighted by atomic mass is 35.5. The Labute approximate surface area is 156 Å². The Balaban J connectivity index is 2.01. The Hall–Kier alpha value is -2.81. The average Bonchev–Trinajstić information content (AvgIpc) is 2.93. The number of carbonyl (C=O) groups is 1. The lowest BCUT2D eigenvalue weighted by Crippen LogP contribution is -2.33. The van der Waals surface area contributed by atoms with Crippen molar-refractivity contribution in [3.8, 4) is 6.07 Å². The maximum Gasteiger partial charge on any atom is 0.341 e. The number of benzene rings is 2. The van der Waals surface area contributed by atoms with Crippen molar-refractivity contribution in [1.29, 1.82) is 5.26 Å². The number of nitrogens with zero attached hydrogens (tertiary/aromatic N) is 2. The van der Waals surface area contributed by atoms with E-state index in [4.69, 9.17) is 22.9 Å². The van der Waals surface area contributed by atoms with E-state index >= 15 is 0 Å². The normalized spacial score (nSPS) is 11.9. The molecule has 0 radical (unpaired) electrons. The molecule has 0 saturated heterocycles. The fraction of sp³-hybridized carbons (Fsp3) is 0.200. The van der Waals surface area contributed by atoms with Crippen LogP contribution < -0.4 is 5.73 Å². The molecule has 0 aliphatic heterocycles. The molecule has 0 amide bonds. The molecule has 26 heavy (non-hydrogen) atoms. The monoisotopic (exact) mass is 367 g/mol. The molecule has 0 aliphatic carbocycles. The van der Waals surface area contributed by atoms with Crippen LogP contribution in [0.25, 0.3) is 10.9 Å². The number of aromatic nitrogens is 1. The number of nitrogens with two attached hydrogens (primary N) is 1. The molecule has 2 N–H and O–H groups in total. The van der Waals surface area contributed by atoms with E-state index in [-0.39, 0.29) is 0 Å². The topological polar surface area (TPSA) is 81.0 Å². The largest absolute Gasteiger partial charge is 0.346 e. The first-order valence-corrected chi connectivity index (χ1v) is 8.49. The van der Waals surface area contributed by atoms with E-state index in [1.807, 2.05) is 55.5 Å².